The first-order valence-electron chi connectivity index (χ1n) is 6.98. The highest BCUT2D eigenvalue weighted by Crippen LogP contribution is 2.27. The van der Waals surface area contributed by atoms with Gasteiger partial charge < -0.3 is 15.4 Å². The minimum absolute atomic E-state index is 0.0532. The van der Waals surface area contributed by atoms with Crippen molar-refractivity contribution in [2.24, 2.45) is 0 Å². The number of hydrogen-bond donors (Lipinski definition) is 2. The van der Waals surface area contributed by atoms with E-state index in [4.69, 9.17) is 4.74 Å². The maximum absolute atomic E-state index is 12.6. The van der Waals surface area contributed by atoms with E-state index in [0.29, 0.717) is 18.8 Å². The number of nitrogens with one attached hydrogen (secondary N) is 2. The summed E-state index contributed by atoms with van der Waals surface area (Å²) in [4.78, 5) is 10.9. The topological polar surface area (TPSA) is 72.0 Å². The zero-order chi connectivity index (χ0) is 16.3. The molecule has 1 unspecified atom stereocenters. The molecule has 2 aromatic heterocycles. The Kier molecular flexibility index (Phi) is 4.39. The Bertz CT molecular complexity index is 656. The van der Waals surface area contributed by atoms with Crippen molar-refractivity contribution in [3.63, 3.8) is 0 Å². The number of nitrogens with zero attached hydrogens (tertiary/aromatic N) is 3. The molecule has 122 valence electrons. The van der Waals surface area contributed by atoms with Crippen molar-refractivity contribution in [3.05, 3.63) is 42.1 Å². The Balaban J connectivity index is 1.71. The fraction of sp³-hybridized carbons (Fsp3) is 0.357. The number of anilines is 2. The summed E-state index contributed by atoms with van der Waals surface area (Å²) in [6, 6.07) is 4.85. The van der Waals surface area contributed by atoms with Crippen molar-refractivity contribution in [2.45, 2.75) is 12.3 Å². The monoisotopic (exact) mass is 325 g/mol. The third-order valence-corrected chi connectivity index (χ3v) is 3.23. The number of rotatable bonds is 3. The molecule has 0 aliphatic carbocycles. The van der Waals surface area contributed by atoms with E-state index in [2.05, 4.69) is 25.6 Å². The number of ether oxygens (including phenoxy) is 1. The molecule has 3 heterocycles. The van der Waals surface area contributed by atoms with Gasteiger partial charge in [0.1, 0.15) is 11.9 Å². The van der Waals surface area contributed by atoms with Gasteiger partial charge in [0.05, 0.1) is 24.2 Å². The van der Waals surface area contributed by atoms with Gasteiger partial charge in [0.2, 0.25) is 5.82 Å². The lowest BCUT2D eigenvalue weighted by Crippen LogP contribution is -2.33. The Morgan fingerprint density at radius 2 is 2.09 bits per heavy atom. The van der Waals surface area contributed by atoms with E-state index in [0.717, 1.165) is 18.4 Å². The van der Waals surface area contributed by atoms with E-state index in [-0.39, 0.29) is 11.9 Å². The fourth-order valence-electron chi connectivity index (χ4n) is 2.14. The number of aromatic nitrogens is 3. The predicted octanol–water partition coefficient (Wildman–Crippen LogP) is 2.29. The molecule has 2 aromatic rings. The molecule has 0 bridgehead atoms. The highest BCUT2D eigenvalue weighted by Gasteiger charge is 2.34. The molecule has 1 saturated heterocycles. The summed E-state index contributed by atoms with van der Waals surface area (Å²) in [6.45, 7) is 2.11. The first kappa shape index (κ1) is 15.6. The van der Waals surface area contributed by atoms with Gasteiger partial charge >= 0.3 is 6.18 Å². The van der Waals surface area contributed by atoms with E-state index in [1.807, 2.05) is 0 Å². The molecule has 9 heteroatoms. The molecular formula is C14H14F3N5O. The fourth-order valence-corrected chi connectivity index (χ4v) is 2.14. The van der Waals surface area contributed by atoms with Crippen LogP contribution in [0, 0.1) is 0 Å². The van der Waals surface area contributed by atoms with Crippen LogP contribution in [0.4, 0.5) is 24.7 Å². The Morgan fingerprint density at radius 3 is 2.74 bits per heavy atom. The molecule has 1 aliphatic heterocycles. The third-order valence-electron chi connectivity index (χ3n) is 3.23. The molecule has 6 nitrogen and oxygen atoms in total. The lowest BCUT2D eigenvalue weighted by Gasteiger charge is -2.23. The SMILES string of the molecule is FC(F)(F)c1nccc(Nc2ccc(C3CNCCO3)nc2)n1. The van der Waals surface area contributed by atoms with Crippen LogP contribution < -0.4 is 10.6 Å². The zero-order valence-corrected chi connectivity index (χ0v) is 12.0. The Hall–Kier alpha value is -2.26. The van der Waals surface area contributed by atoms with Crippen molar-refractivity contribution in [2.75, 3.05) is 25.0 Å². The van der Waals surface area contributed by atoms with Gasteiger partial charge in [-0.2, -0.15) is 13.2 Å². The van der Waals surface area contributed by atoms with Gasteiger partial charge in [-0.15, -0.1) is 0 Å². The normalized spacial score (nSPS) is 18.7. The molecular weight excluding hydrogens is 311 g/mol. The molecule has 3 rings (SSSR count). The third kappa shape index (κ3) is 3.93. The van der Waals surface area contributed by atoms with Crippen LogP contribution in [-0.2, 0) is 10.9 Å². The first-order valence-corrected chi connectivity index (χ1v) is 6.98. The summed E-state index contributed by atoms with van der Waals surface area (Å²) in [6.07, 6.45) is -2.11. The molecule has 1 fully saturated rings. The molecule has 0 radical (unpaired) electrons. The average molecular weight is 325 g/mol. The van der Waals surface area contributed by atoms with Crippen LogP contribution in [-0.4, -0.2) is 34.6 Å². The largest absolute Gasteiger partial charge is 0.451 e. The molecule has 1 atom stereocenters. The van der Waals surface area contributed by atoms with Gasteiger partial charge in [0.15, 0.2) is 0 Å². The summed E-state index contributed by atoms with van der Waals surface area (Å²) in [5.74, 6) is -1.13. The standard InChI is InChI=1S/C14H14F3N5O/c15-14(16,17)13-19-4-3-12(22-13)21-9-1-2-10(20-7-9)11-8-18-5-6-23-11/h1-4,7,11,18H,5-6,8H2,(H,19,21,22). The van der Waals surface area contributed by atoms with Crippen LogP contribution in [0.15, 0.2) is 30.6 Å². The second-order valence-corrected chi connectivity index (χ2v) is 4.92. The van der Waals surface area contributed by atoms with Crippen LogP contribution in [0.5, 0.6) is 0 Å². The van der Waals surface area contributed by atoms with E-state index in [9.17, 15) is 13.2 Å². The van der Waals surface area contributed by atoms with Gasteiger partial charge in [-0.1, -0.05) is 0 Å². The highest BCUT2D eigenvalue weighted by atomic mass is 19.4. The zero-order valence-electron chi connectivity index (χ0n) is 12.0. The maximum Gasteiger partial charge on any atom is 0.451 e. The molecule has 1 aliphatic rings. The van der Waals surface area contributed by atoms with Gasteiger partial charge in [-0.05, 0) is 18.2 Å². The van der Waals surface area contributed by atoms with Crippen LogP contribution in [0.25, 0.3) is 0 Å². The van der Waals surface area contributed by atoms with Crippen LogP contribution in [0.2, 0.25) is 0 Å². The van der Waals surface area contributed by atoms with E-state index < -0.39 is 12.0 Å². The van der Waals surface area contributed by atoms with Gasteiger partial charge in [0, 0.05) is 19.3 Å². The molecule has 0 aromatic carbocycles. The summed E-state index contributed by atoms with van der Waals surface area (Å²) in [5.41, 5.74) is 1.30. The smallest absolute Gasteiger partial charge is 0.369 e. The summed E-state index contributed by atoms with van der Waals surface area (Å²) in [7, 11) is 0. The van der Waals surface area contributed by atoms with Gasteiger partial charge in [-0.25, -0.2) is 9.97 Å². The number of hydrogen-bond acceptors (Lipinski definition) is 6. The Morgan fingerprint density at radius 1 is 1.22 bits per heavy atom. The average Bonchev–Trinajstić information content (AvgIpc) is 2.56. The van der Waals surface area contributed by atoms with Crippen LogP contribution in [0.3, 0.4) is 0 Å². The van der Waals surface area contributed by atoms with Crippen LogP contribution >= 0.6 is 0 Å². The Labute approximate surface area is 130 Å². The summed E-state index contributed by atoms with van der Waals surface area (Å²) < 4.78 is 43.3. The van der Waals surface area contributed by atoms with Crippen molar-refractivity contribution >= 4 is 11.5 Å². The highest BCUT2D eigenvalue weighted by molar-refractivity contribution is 5.54. The molecule has 0 saturated carbocycles. The van der Waals surface area contributed by atoms with Crippen LogP contribution in [0.1, 0.15) is 17.6 Å². The molecule has 23 heavy (non-hydrogen) atoms. The molecule has 0 spiro atoms. The number of halogens is 3. The summed E-state index contributed by atoms with van der Waals surface area (Å²) in [5, 5.41) is 5.98. The summed E-state index contributed by atoms with van der Waals surface area (Å²) >= 11 is 0. The van der Waals surface area contributed by atoms with Gasteiger partial charge in [0.25, 0.3) is 0 Å². The maximum atomic E-state index is 12.6. The lowest BCUT2D eigenvalue weighted by molar-refractivity contribution is -0.144. The number of morpholine rings is 1. The molecule has 2 N–H and O–H groups in total. The lowest BCUT2D eigenvalue weighted by atomic mass is 10.2. The quantitative estimate of drug-likeness (QED) is 0.902. The van der Waals surface area contributed by atoms with Crippen molar-refractivity contribution in [3.8, 4) is 0 Å². The van der Waals surface area contributed by atoms with Gasteiger partial charge in [-0.3, -0.25) is 4.98 Å². The second kappa shape index (κ2) is 6.47. The van der Waals surface area contributed by atoms with Crippen molar-refractivity contribution < 1.29 is 17.9 Å². The van der Waals surface area contributed by atoms with Crippen molar-refractivity contribution in [1.82, 2.24) is 20.3 Å². The first-order chi connectivity index (χ1) is 11.0. The van der Waals surface area contributed by atoms with E-state index in [1.54, 1.807) is 12.1 Å². The minimum atomic E-state index is -4.58. The molecule has 0 amide bonds. The predicted molar refractivity (Wildman–Crippen MR) is 76.1 cm³/mol. The van der Waals surface area contributed by atoms with Crippen molar-refractivity contribution in [1.29, 1.82) is 0 Å². The number of pyridine rings is 1. The number of alkyl halides is 3. The van der Waals surface area contributed by atoms with E-state index >= 15 is 0 Å². The van der Waals surface area contributed by atoms with E-state index in [1.165, 1.54) is 12.3 Å². The second-order valence-electron chi connectivity index (χ2n) is 4.92. The minimum Gasteiger partial charge on any atom is -0.369 e.